The van der Waals surface area contributed by atoms with Crippen molar-refractivity contribution in [2.24, 2.45) is 5.92 Å². The molecule has 3 N–H and O–H groups in total. The Labute approximate surface area is 170 Å². The van der Waals surface area contributed by atoms with Gasteiger partial charge in [-0.3, -0.25) is 5.32 Å². The second-order valence-electron chi connectivity index (χ2n) is 8.47. The lowest BCUT2D eigenvalue weighted by Gasteiger charge is -2.40. The Kier molecular flexibility index (Phi) is 7.86. The molecule has 1 heterocycles. The van der Waals surface area contributed by atoms with E-state index in [1.165, 1.54) is 12.8 Å². The normalized spacial score (nSPS) is 22.9. The lowest BCUT2D eigenvalue weighted by atomic mass is 9.75. The molecule has 1 aromatic rings. The Morgan fingerprint density at radius 3 is 2.71 bits per heavy atom. The minimum absolute atomic E-state index is 0.125. The zero-order valence-corrected chi connectivity index (χ0v) is 17.4. The lowest BCUT2D eigenvalue weighted by molar-refractivity contribution is 0.00392. The summed E-state index contributed by atoms with van der Waals surface area (Å²) in [5, 5.41) is 19.1. The van der Waals surface area contributed by atoms with Crippen LogP contribution < -0.4 is 10.6 Å². The summed E-state index contributed by atoms with van der Waals surface area (Å²) in [4.78, 5) is 0. The van der Waals surface area contributed by atoms with E-state index in [2.05, 4.69) is 42.7 Å². The molecule has 3 atom stereocenters. The Morgan fingerprint density at radius 2 is 2.07 bits per heavy atom. The Morgan fingerprint density at radius 1 is 1.25 bits per heavy atom. The molecule has 2 aliphatic rings. The van der Waals surface area contributed by atoms with E-state index in [9.17, 15) is 5.11 Å². The Balaban J connectivity index is 1.77. The molecule has 0 spiro atoms. The van der Waals surface area contributed by atoms with Gasteiger partial charge in [0.25, 0.3) is 0 Å². The fourth-order valence-corrected chi connectivity index (χ4v) is 4.29. The van der Waals surface area contributed by atoms with Gasteiger partial charge in [0.2, 0.25) is 0 Å². The van der Waals surface area contributed by atoms with Crippen molar-refractivity contribution >= 4 is 0 Å². The monoisotopic (exact) mass is 384 g/mol. The lowest BCUT2D eigenvalue weighted by Crippen LogP contribution is -2.51. The molecule has 1 aliphatic carbocycles. The summed E-state index contributed by atoms with van der Waals surface area (Å²) in [6.07, 6.45) is 11.7. The van der Waals surface area contributed by atoms with E-state index in [1.54, 1.807) is 0 Å². The summed E-state index contributed by atoms with van der Waals surface area (Å²) >= 11 is 0. The van der Waals surface area contributed by atoms with Crippen molar-refractivity contribution in [3.63, 3.8) is 0 Å². The Hall–Kier alpha value is -1.46. The molecule has 3 rings (SSSR count). The van der Waals surface area contributed by atoms with Gasteiger partial charge in [-0.2, -0.15) is 0 Å². The van der Waals surface area contributed by atoms with E-state index >= 15 is 0 Å². The molecule has 28 heavy (non-hydrogen) atoms. The molecule has 4 nitrogen and oxygen atoms in total. The first-order valence-corrected chi connectivity index (χ1v) is 10.8. The van der Waals surface area contributed by atoms with Crippen LogP contribution in [0.25, 0.3) is 0 Å². The second kappa shape index (κ2) is 10.4. The van der Waals surface area contributed by atoms with Crippen LogP contribution in [-0.2, 0) is 10.3 Å². The van der Waals surface area contributed by atoms with Crippen LogP contribution in [0.2, 0.25) is 0 Å². The third-order valence-corrected chi connectivity index (χ3v) is 5.77. The van der Waals surface area contributed by atoms with Crippen molar-refractivity contribution in [2.45, 2.75) is 63.6 Å². The number of hydrogen-bond donors (Lipinski definition) is 3. The SMILES string of the molecule is CC(C)CC(NCOC[C@@H]1CCCN1)C(O)(C1=CCCC=C1)c1ccccc1. The van der Waals surface area contributed by atoms with Crippen molar-refractivity contribution in [3.05, 3.63) is 59.7 Å². The number of ether oxygens (including phenoxy) is 1. The van der Waals surface area contributed by atoms with Crippen LogP contribution in [0, 0.1) is 5.92 Å². The Bertz CT molecular complexity index is 650. The van der Waals surface area contributed by atoms with E-state index in [-0.39, 0.29) is 6.04 Å². The third-order valence-electron chi connectivity index (χ3n) is 5.77. The van der Waals surface area contributed by atoms with Crippen LogP contribution in [0.15, 0.2) is 54.1 Å². The highest BCUT2D eigenvalue weighted by Crippen LogP contribution is 2.38. The predicted octanol–water partition coefficient (Wildman–Crippen LogP) is 3.88. The quantitative estimate of drug-likeness (QED) is 0.423. The first-order chi connectivity index (χ1) is 13.6. The van der Waals surface area contributed by atoms with Gasteiger partial charge in [0.1, 0.15) is 5.60 Å². The third kappa shape index (κ3) is 5.32. The maximum Gasteiger partial charge on any atom is 0.130 e. The van der Waals surface area contributed by atoms with Gasteiger partial charge in [0.05, 0.1) is 13.3 Å². The van der Waals surface area contributed by atoms with E-state index < -0.39 is 5.60 Å². The van der Waals surface area contributed by atoms with Crippen LogP contribution >= 0.6 is 0 Å². The molecule has 1 saturated heterocycles. The van der Waals surface area contributed by atoms with E-state index in [4.69, 9.17) is 4.74 Å². The number of nitrogens with one attached hydrogen (secondary N) is 2. The minimum Gasteiger partial charge on any atom is -0.379 e. The predicted molar refractivity (Wildman–Crippen MR) is 115 cm³/mol. The summed E-state index contributed by atoms with van der Waals surface area (Å²) in [5.74, 6) is 0.456. The molecule has 0 amide bonds. The number of allylic oxidation sites excluding steroid dienone is 2. The summed E-state index contributed by atoms with van der Waals surface area (Å²) in [6, 6.07) is 10.4. The van der Waals surface area contributed by atoms with Crippen LogP contribution in [0.5, 0.6) is 0 Å². The molecule has 0 radical (unpaired) electrons. The van der Waals surface area contributed by atoms with E-state index in [1.807, 2.05) is 30.3 Å². The minimum atomic E-state index is -1.07. The maximum absolute atomic E-state index is 12.1. The molecule has 2 unspecified atom stereocenters. The molecule has 1 fully saturated rings. The average molecular weight is 385 g/mol. The maximum atomic E-state index is 12.1. The zero-order valence-electron chi connectivity index (χ0n) is 17.4. The number of aliphatic hydroxyl groups is 1. The number of rotatable bonds is 10. The highest BCUT2D eigenvalue weighted by atomic mass is 16.5. The van der Waals surface area contributed by atoms with Crippen molar-refractivity contribution in [1.82, 2.24) is 10.6 Å². The first kappa shape index (κ1) is 21.3. The van der Waals surface area contributed by atoms with E-state index in [0.717, 1.165) is 36.9 Å². The molecular formula is C24H36N2O2. The van der Waals surface area contributed by atoms with Crippen molar-refractivity contribution < 1.29 is 9.84 Å². The molecule has 1 aliphatic heterocycles. The fraction of sp³-hybridized carbons (Fsp3) is 0.583. The molecule has 1 aromatic carbocycles. The van der Waals surface area contributed by atoms with Crippen LogP contribution in [0.3, 0.4) is 0 Å². The van der Waals surface area contributed by atoms with Crippen LogP contribution in [0.1, 0.15) is 51.5 Å². The number of hydrogen-bond acceptors (Lipinski definition) is 4. The molecule has 0 saturated carbocycles. The zero-order chi connectivity index (χ0) is 19.8. The number of benzene rings is 1. The standard InChI is InChI=1S/C24H36N2O2/c1-19(2)16-23(26-18-28-17-22-14-9-15-25-22)24(27,20-10-5-3-6-11-20)21-12-7-4-8-13-21/h3,5-7,10-13,19,22-23,25-27H,4,8-9,14-18H2,1-2H3/t22-,23?,24?/m0/s1. The molecule has 0 aromatic heterocycles. The topological polar surface area (TPSA) is 53.5 Å². The highest BCUT2D eigenvalue weighted by molar-refractivity contribution is 5.42. The van der Waals surface area contributed by atoms with Crippen molar-refractivity contribution in [1.29, 1.82) is 0 Å². The van der Waals surface area contributed by atoms with Gasteiger partial charge in [0.15, 0.2) is 0 Å². The smallest absolute Gasteiger partial charge is 0.130 e. The van der Waals surface area contributed by atoms with Crippen LogP contribution in [0.4, 0.5) is 0 Å². The molecular weight excluding hydrogens is 348 g/mol. The second-order valence-corrected chi connectivity index (χ2v) is 8.47. The van der Waals surface area contributed by atoms with E-state index in [0.29, 0.717) is 25.3 Å². The molecule has 4 heteroatoms. The molecule has 154 valence electrons. The van der Waals surface area contributed by atoms with Crippen LogP contribution in [-0.4, -0.2) is 37.1 Å². The van der Waals surface area contributed by atoms with Gasteiger partial charge < -0.3 is 15.2 Å². The van der Waals surface area contributed by atoms with Gasteiger partial charge in [-0.05, 0) is 55.7 Å². The van der Waals surface area contributed by atoms with Crippen molar-refractivity contribution in [2.75, 3.05) is 19.9 Å². The average Bonchev–Trinajstić information content (AvgIpc) is 3.24. The largest absolute Gasteiger partial charge is 0.379 e. The summed E-state index contributed by atoms with van der Waals surface area (Å²) in [5.41, 5.74) is 0.848. The van der Waals surface area contributed by atoms with Gasteiger partial charge in [-0.1, -0.05) is 62.4 Å². The highest BCUT2D eigenvalue weighted by Gasteiger charge is 2.41. The summed E-state index contributed by atoms with van der Waals surface area (Å²) in [6.45, 7) is 6.66. The first-order valence-electron chi connectivity index (χ1n) is 10.8. The molecule has 0 bridgehead atoms. The summed E-state index contributed by atoms with van der Waals surface area (Å²) < 4.78 is 5.93. The fourth-order valence-electron chi connectivity index (χ4n) is 4.29. The van der Waals surface area contributed by atoms with Gasteiger partial charge in [-0.25, -0.2) is 0 Å². The van der Waals surface area contributed by atoms with Gasteiger partial charge in [0, 0.05) is 12.1 Å². The van der Waals surface area contributed by atoms with Gasteiger partial charge >= 0.3 is 0 Å². The van der Waals surface area contributed by atoms with Crippen molar-refractivity contribution in [3.8, 4) is 0 Å². The summed E-state index contributed by atoms with van der Waals surface area (Å²) in [7, 11) is 0. The van der Waals surface area contributed by atoms with Gasteiger partial charge in [-0.15, -0.1) is 0 Å².